The van der Waals surface area contributed by atoms with Crippen LogP contribution in [0.5, 0.6) is 0 Å². The summed E-state index contributed by atoms with van der Waals surface area (Å²) < 4.78 is 0. The highest BCUT2D eigenvalue weighted by molar-refractivity contribution is 7.07. The molecule has 4 heteroatoms. The number of nitrogens with two attached hydrogens (primary N) is 1. The van der Waals surface area contributed by atoms with Gasteiger partial charge in [0.25, 0.3) is 0 Å². The van der Waals surface area contributed by atoms with Crippen molar-refractivity contribution in [2.24, 2.45) is 5.73 Å². The predicted octanol–water partition coefficient (Wildman–Crippen LogP) is 2.67. The maximum Gasteiger partial charge on any atom is 0.0544 e. The standard InChI is InChI=1S/C14H19N3S/c1-2-17(10-13-5-3-4-7-16-13)14(9-15)12-6-8-18-11-12/h3-8,11,14H,2,9-10,15H2,1H3. The third kappa shape index (κ3) is 3.16. The van der Waals surface area contributed by atoms with E-state index in [1.165, 1.54) is 5.56 Å². The maximum atomic E-state index is 5.94. The van der Waals surface area contributed by atoms with Gasteiger partial charge in [-0.3, -0.25) is 9.88 Å². The Morgan fingerprint density at radius 3 is 2.83 bits per heavy atom. The fourth-order valence-electron chi connectivity index (χ4n) is 2.10. The average Bonchev–Trinajstić information content (AvgIpc) is 2.93. The number of hydrogen-bond acceptors (Lipinski definition) is 4. The molecule has 0 aliphatic heterocycles. The Morgan fingerprint density at radius 2 is 2.28 bits per heavy atom. The molecule has 3 nitrogen and oxygen atoms in total. The minimum Gasteiger partial charge on any atom is -0.329 e. The van der Waals surface area contributed by atoms with Crippen LogP contribution < -0.4 is 5.73 Å². The number of nitrogens with zero attached hydrogens (tertiary/aromatic N) is 2. The number of likely N-dealkylation sites (N-methyl/N-ethyl adjacent to an activating group) is 1. The van der Waals surface area contributed by atoms with E-state index >= 15 is 0 Å². The Balaban J connectivity index is 2.12. The summed E-state index contributed by atoms with van der Waals surface area (Å²) in [7, 11) is 0. The number of pyridine rings is 1. The van der Waals surface area contributed by atoms with Crippen molar-refractivity contribution in [2.45, 2.75) is 19.5 Å². The molecule has 2 N–H and O–H groups in total. The van der Waals surface area contributed by atoms with Crippen molar-refractivity contribution in [3.8, 4) is 0 Å². The number of thiophene rings is 1. The Morgan fingerprint density at radius 1 is 1.39 bits per heavy atom. The molecule has 0 spiro atoms. The molecule has 0 amide bonds. The maximum absolute atomic E-state index is 5.94. The summed E-state index contributed by atoms with van der Waals surface area (Å²) in [6, 6.07) is 8.47. The normalized spacial score (nSPS) is 12.8. The van der Waals surface area contributed by atoms with Gasteiger partial charge < -0.3 is 5.73 Å². The summed E-state index contributed by atoms with van der Waals surface area (Å²) in [6.07, 6.45) is 1.84. The molecule has 2 aromatic heterocycles. The second kappa shape index (κ2) is 6.64. The molecule has 0 bridgehead atoms. The van der Waals surface area contributed by atoms with Gasteiger partial charge in [-0.2, -0.15) is 11.3 Å². The zero-order valence-corrected chi connectivity index (χ0v) is 11.4. The summed E-state index contributed by atoms with van der Waals surface area (Å²) in [5.74, 6) is 0. The monoisotopic (exact) mass is 261 g/mol. The molecule has 0 aromatic carbocycles. The topological polar surface area (TPSA) is 42.2 Å². The fraction of sp³-hybridized carbons (Fsp3) is 0.357. The Labute approximate surface area is 112 Å². The molecule has 2 aromatic rings. The third-order valence-electron chi connectivity index (χ3n) is 3.09. The smallest absolute Gasteiger partial charge is 0.0544 e. The molecule has 0 fully saturated rings. The van der Waals surface area contributed by atoms with Crippen LogP contribution in [0, 0.1) is 0 Å². The molecule has 96 valence electrons. The van der Waals surface area contributed by atoms with Gasteiger partial charge in [-0.05, 0) is 41.1 Å². The van der Waals surface area contributed by atoms with E-state index in [4.69, 9.17) is 5.73 Å². The van der Waals surface area contributed by atoms with Crippen LogP contribution in [0.1, 0.15) is 24.2 Å². The highest BCUT2D eigenvalue weighted by Gasteiger charge is 2.18. The van der Waals surface area contributed by atoms with E-state index in [1.54, 1.807) is 11.3 Å². The first kappa shape index (κ1) is 13.2. The van der Waals surface area contributed by atoms with Gasteiger partial charge in [-0.25, -0.2) is 0 Å². The molecule has 0 aliphatic rings. The van der Waals surface area contributed by atoms with E-state index in [0.29, 0.717) is 6.54 Å². The molecule has 18 heavy (non-hydrogen) atoms. The van der Waals surface area contributed by atoms with Gasteiger partial charge in [-0.1, -0.05) is 13.0 Å². The number of rotatable bonds is 6. The SMILES string of the molecule is CCN(Cc1ccccn1)C(CN)c1ccsc1. The minimum absolute atomic E-state index is 0.281. The Kier molecular flexibility index (Phi) is 4.87. The van der Waals surface area contributed by atoms with Gasteiger partial charge in [0, 0.05) is 25.3 Å². The minimum atomic E-state index is 0.281. The van der Waals surface area contributed by atoms with Crippen LogP contribution in [0.3, 0.4) is 0 Å². The number of aromatic nitrogens is 1. The molecule has 1 unspecified atom stereocenters. The average molecular weight is 261 g/mol. The summed E-state index contributed by atoms with van der Waals surface area (Å²) in [4.78, 5) is 6.75. The van der Waals surface area contributed by atoms with Crippen LogP contribution >= 0.6 is 11.3 Å². The quantitative estimate of drug-likeness (QED) is 0.869. The first-order valence-electron chi connectivity index (χ1n) is 6.21. The van der Waals surface area contributed by atoms with Crippen molar-refractivity contribution >= 4 is 11.3 Å². The van der Waals surface area contributed by atoms with Crippen LogP contribution in [0.25, 0.3) is 0 Å². The summed E-state index contributed by atoms with van der Waals surface area (Å²) in [6.45, 7) is 4.61. The van der Waals surface area contributed by atoms with Gasteiger partial charge in [0.05, 0.1) is 5.69 Å². The van der Waals surface area contributed by atoms with E-state index < -0.39 is 0 Å². The highest BCUT2D eigenvalue weighted by Crippen LogP contribution is 2.23. The summed E-state index contributed by atoms with van der Waals surface area (Å²) in [5.41, 5.74) is 8.33. The Bertz CT molecular complexity index is 441. The van der Waals surface area contributed by atoms with Crippen LogP contribution in [-0.2, 0) is 6.54 Å². The zero-order chi connectivity index (χ0) is 12.8. The van der Waals surface area contributed by atoms with E-state index in [0.717, 1.165) is 18.8 Å². The lowest BCUT2D eigenvalue weighted by molar-refractivity contribution is 0.201. The third-order valence-corrected chi connectivity index (χ3v) is 3.79. The molecule has 2 heterocycles. The van der Waals surface area contributed by atoms with Gasteiger partial charge in [-0.15, -0.1) is 0 Å². The molecule has 0 saturated carbocycles. The lowest BCUT2D eigenvalue weighted by Crippen LogP contribution is -2.33. The molecule has 0 saturated heterocycles. The van der Waals surface area contributed by atoms with Gasteiger partial charge in [0.15, 0.2) is 0 Å². The fourth-order valence-corrected chi connectivity index (χ4v) is 2.81. The summed E-state index contributed by atoms with van der Waals surface area (Å²) in [5, 5.41) is 4.28. The van der Waals surface area contributed by atoms with E-state index in [-0.39, 0.29) is 6.04 Å². The van der Waals surface area contributed by atoms with Crippen molar-refractivity contribution in [2.75, 3.05) is 13.1 Å². The summed E-state index contributed by atoms with van der Waals surface area (Å²) >= 11 is 1.72. The van der Waals surface area contributed by atoms with Gasteiger partial charge in [0.1, 0.15) is 0 Å². The van der Waals surface area contributed by atoms with E-state index in [2.05, 4.69) is 39.7 Å². The van der Waals surface area contributed by atoms with Crippen LogP contribution in [0.2, 0.25) is 0 Å². The lowest BCUT2D eigenvalue weighted by Gasteiger charge is -2.29. The molecule has 1 atom stereocenters. The van der Waals surface area contributed by atoms with Gasteiger partial charge >= 0.3 is 0 Å². The van der Waals surface area contributed by atoms with Crippen LogP contribution in [0.4, 0.5) is 0 Å². The van der Waals surface area contributed by atoms with Crippen molar-refractivity contribution in [1.29, 1.82) is 0 Å². The predicted molar refractivity (Wildman–Crippen MR) is 76.4 cm³/mol. The first-order chi connectivity index (χ1) is 8.85. The molecule has 2 rings (SSSR count). The van der Waals surface area contributed by atoms with Crippen molar-refractivity contribution in [1.82, 2.24) is 9.88 Å². The van der Waals surface area contributed by atoms with Crippen molar-refractivity contribution in [3.63, 3.8) is 0 Å². The van der Waals surface area contributed by atoms with E-state index in [1.807, 2.05) is 18.3 Å². The van der Waals surface area contributed by atoms with Crippen LogP contribution in [-0.4, -0.2) is 23.0 Å². The largest absolute Gasteiger partial charge is 0.329 e. The first-order valence-corrected chi connectivity index (χ1v) is 7.15. The van der Waals surface area contributed by atoms with Crippen molar-refractivity contribution < 1.29 is 0 Å². The number of hydrogen-bond donors (Lipinski definition) is 1. The van der Waals surface area contributed by atoms with Crippen LogP contribution in [0.15, 0.2) is 41.2 Å². The molecule has 0 aliphatic carbocycles. The molecular formula is C14H19N3S. The lowest BCUT2D eigenvalue weighted by atomic mass is 10.1. The Hall–Kier alpha value is -1.23. The second-order valence-electron chi connectivity index (χ2n) is 4.19. The van der Waals surface area contributed by atoms with Crippen molar-refractivity contribution in [3.05, 3.63) is 52.5 Å². The second-order valence-corrected chi connectivity index (χ2v) is 4.97. The highest BCUT2D eigenvalue weighted by atomic mass is 32.1. The van der Waals surface area contributed by atoms with E-state index in [9.17, 15) is 0 Å². The molecular weight excluding hydrogens is 242 g/mol. The van der Waals surface area contributed by atoms with Gasteiger partial charge in [0.2, 0.25) is 0 Å². The zero-order valence-electron chi connectivity index (χ0n) is 10.6. The molecule has 0 radical (unpaired) electrons.